The number of benzene rings is 1. The van der Waals surface area contributed by atoms with Gasteiger partial charge in [-0.2, -0.15) is 0 Å². The zero-order valence-corrected chi connectivity index (χ0v) is 16.0. The Hall–Kier alpha value is -1.91. The van der Waals surface area contributed by atoms with Gasteiger partial charge in [-0.25, -0.2) is 0 Å². The summed E-state index contributed by atoms with van der Waals surface area (Å²) in [5.41, 5.74) is 7.19. The quantitative estimate of drug-likeness (QED) is 0.609. The molecule has 7 nitrogen and oxygen atoms in total. The van der Waals surface area contributed by atoms with Crippen LogP contribution in [0.25, 0.3) is 11.5 Å². The van der Waals surface area contributed by atoms with Gasteiger partial charge in [-0.3, -0.25) is 4.79 Å². The molecule has 0 aliphatic carbocycles. The Labute approximate surface area is 156 Å². The molecule has 0 spiro atoms. The Morgan fingerprint density at radius 1 is 1.20 bits per heavy atom. The number of thioether (sulfide) groups is 2. The molecule has 130 valence electrons. The summed E-state index contributed by atoms with van der Waals surface area (Å²) in [5.74, 6) is 0.843. The maximum atomic E-state index is 10.8. The van der Waals surface area contributed by atoms with Crippen molar-refractivity contribution in [3.8, 4) is 11.5 Å². The van der Waals surface area contributed by atoms with E-state index >= 15 is 0 Å². The van der Waals surface area contributed by atoms with Gasteiger partial charge in [-0.05, 0) is 26.0 Å². The summed E-state index contributed by atoms with van der Waals surface area (Å²) in [5, 5.41) is 16.3. The van der Waals surface area contributed by atoms with E-state index in [4.69, 9.17) is 10.2 Å². The second kappa shape index (κ2) is 7.98. The molecule has 3 aromatic rings. The smallest absolute Gasteiger partial charge is 0.247 e. The third-order valence-electron chi connectivity index (χ3n) is 3.09. The van der Waals surface area contributed by atoms with Crippen LogP contribution in [0.2, 0.25) is 0 Å². The van der Waals surface area contributed by atoms with Crippen LogP contribution in [-0.4, -0.2) is 32.1 Å². The molecular formula is C15H15N5O2S3. The summed E-state index contributed by atoms with van der Waals surface area (Å²) in [6.45, 7) is 3.99. The van der Waals surface area contributed by atoms with Gasteiger partial charge in [0.2, 0.25) is 17.7 Å². The Bertz CT molecular complexity index is 862. The molecule has 0 fully saturated rings. The first-order chi connectivity index (χ1) is 12.0. The van der Waals surface area contributed by atoms with Gasteiger partial charge in [-0.15, -0.1) is 20.4 Å². The minimum atomic E-state index is -0.378. The first-order valence-electron chi connectivity index (χ1n) is 7.33. The summed E-state index contributed by atoms with van der Waals surface area (Å²) < 4.78 is 7.26. The lowest BCUT2D eigenvalue weighted by atomic mass is 10.1. The van der Waals surface area contributed by atoms with Crippen molar-refractivity contribution in [1.82, 2.24) is 20.4 Å². The number of carbonyl (C=O) groups excluding carboxylic acids is 1. The van der Waals surface area contributed by atoms with Crippen molar-refractivity contribution >= 4 is 40.8 Å². The van der Waals surface area contributed by atoms with E-state index in [1.165, 1.54) is 40.4 Å². The SMILES string of the molecule is Cc1ccc(-c2nnc([C@@H](C)Sc3nnc(SCC(N)=O)s3)o2)cc1. The molecule has 1 aromatic carbocycles. The lowest BCUT2D eigenvalue weighted by Gasteiger charge is -2.02. The second-order valence-corrected chi connectivity index (χ2v) is 8.95. The molecule has 0 saturated heterocycles. The fourth-order valence-electron chi connectivity index (χ4n) is 1.85. The minimum absolute atomic E-state index is 0.0614. The van der Waals surface area contributed by atoms with Crippen LogP contribution in [0.3, 0.4) is 0 Å². The number of primary amides is 1. The van der Waals surface area contributed by atoms with Crippen LogP contribution >= 0.6 is 34.9 Å². The standard InChI is InChI=1S/C15H15N5O2S3/c1-8-3-5-10(6-4-8)13-18-17-12(22-13)9(2)24-15-20-19-14(25-15)23-7-11(16)21/h3-6,9H,7H2,1-2H3,(H2,16,21)/t9-/m1/s1. The largest absolute Gasteiger partial charge is 0.419 e. The molecule has 2 heterocycles. The van der Waals surface area contributed by atoms with Gasteiger partial charge in [0.1, 0.15) is 0 Å². The molecule has 0 radical (unpaired) electrons. The molecule has 0 bridgehead atoms. The number of aryl methyl sites for hydroxylation is 1. The number of rotatable bonds is 7. The van der Waals surface area contributed by atoms with Crippen LogP contribution < -0.4 is 5.73 Å². The summed E-state index contributed by atoms with van der Waals surface area (Å²) in [4.78, 5) is 10.8. The van der Waals surface area contributed by atoms with Gasteiger partial charge < -0.3 is 10.2 Å². The molecule has 10 heteroatoms. The van der Waals surface area contributed by atoms with Crippen LogP contribution in [0.1, 0.15) is 23.6 Å². The predicted octanol–water partition coefficient (Wildman–Crippen LogP) is 3.33. The number of nitrogens with zero attached hydrogens (tertiary/aromatic N) is 4. The zero-order chi connectivity index (χ0) is 17.8. The topological polar surface area (TPSA) is 108 Å². The van der Waals surface area contributed by atoms with E-state index in [0.717, 1.165) is 9.90 Å². The zero-order valence-electron chi connectivity index (χ0n) is 13.5. The highest BCUT2D eigenvalue weighted by atomic mass is 32.2. The maximum Gasteiger partial charge on any atom is 0.247 e. The number of hydrogen-bond acceptors (Lipinski definition) is 9. The fourth-order valence-corrected chi connectivity index (χ4v) is 4.78. The average Bonchev–Trinajstić information content (AvgIpc) is 3.23. The van der Waals surface area contributed by atoms with Crippen molar-refractivity contribution in [3.63, 3.8) is 0 Å². The van der Waals surface area contributed by atoms with Crippen molar-refractivity contribution in [2.24, 2.45) is 5.73 Å². The van der Waals surface area contributed by atoms with E-state index in [2.05, 4.69) is 20.4 Å². The Morgan fingerprint density at radius 3 is 2.64 bits per heavy atom. The Balaban J connectivity index is 1.64. The molecule has 0 aliphatic rings. The van der Waals surface area contributed by atoms with E-state index in [1.54, 1.807) is 0 Å². The van der Waals surface area contributed by atoms with Gasteiger partial charge in [0.25, 0.3) is 0 Å². The van der Waals surface area contributed by atoms with Crippen LogP contribution in [0.4, 0.5) is 0 Å². The van der Waals surface area contributed by atoms with E-state index in [0.29, 0.717) is 16.1 Å². The lowest BCUT2D eigenvalue weighted by Crippen LogP contribution is -2.12. The van der Waals surface area contributed by atoms with Crippen molar-refractivity contribution < 1.29 is 9.21 Å². The summed E-state index contributed by atoms with van der Waals surface area (Å²) in [6.07, 6.45) is 0. The molecule has 0 aliphatic heterocycles. The normalized spacial score (nSPS) is 12.2. The molecule has 2 aromatic heterocycles. The van der Waals surface area contributed by atoms with Gasteiger partial charge in [-0.1, -0.05) is 52.6 Å². The van der Waals surface area contributed by atoms with Crippen molar-refractivity contribution in [3.05, 3.63) is 35.7 Å². The molecule has 1 amide bonds. The number of carbonyl (C=O) groups is 1. The first-order valence-corrected chi connectivity index (χ1v) is 10.0. The fraction of sp³-hybridized carbons (Fsp3) is 0.267. The van der Waals surface area contributed by atoms with E-state index in [-0.39, 0.29) is 16.9 Å². The number of aromatic nitrogens is 4. The molecule has 1 atom stereocenters. The number of nitrogens with two attached hydrogens (primary N) is 1. The van der Waals surface area contributed by atoms with Crippen molar-refractivity contribution in [2.45, 2.75) is 27.8 Å². The van der Waals surface area contributed by atoms with Crippen molar-refractivity contribution in [2.75, 3.05) is 5.75 Å². The summed E-state index contributed by atoms with van der Waals surface area (Å²) >= 11 is 4.17. The van der Waals surface area contributed by atoms with Crippen LogP contribution in [0.5, 0.6) is 0 Å². The van der Waals surface area contributed by atoms with E-state index in [9.17, 15) is 4.79 Å². The Morgan fingerprint density at radius 2 is 1.92 bits per heavy atom. The summed E-state index contributed by atoms with van der Waals surface area (Å²) in [7, 11) is 0. The molecule has 3 rings (SSSR count). The van der Waals surface area contributed by atoms with Crippen LogP contribution in [0.15, 0.2) is 37.4 Å². The first kappa shape index (κ1) is 17.9. The van der Waals surface area contributed by atoms with E-state index < -0.39 is 0 Å². The molecule has 25 heavy (non-hydrogen) atoms. The van der Waals surface area contributed by atoms with Crippen LogP contribution in [-0.2, 0) is 4.79 Å². The maximum absolute atomic E-state index is 10.8. The third-order valence-corrected chi connectivity index (χ3v) is 6.34. The molecule has 0 unspecified atom stereocenters. The Kier molecular flexibility index (Phi) is 5.71. The highest BCUT2D eigenvalue weighted by molar-refractivity contribution is 8.03. The van der Waals surface area contributed by atoms with Gasteiger partial charge in [0.15, 0.2) is 8.68 Å². The van der Waals surface area contributed by atoms with Gasteiger partial charge in [0, 0.05) is 5.56 Å². The predicted molar refractivity (Wildman–Crippen MR) is 98.6 cm³/mol. The second-order valence-electron chi connectivity index (χ2n) is 5.16. The molecule has 0 saturated carbocycles. The van der Waals surface area contributed by atoms with E-state index in [1.807, 2.05) is 38.1 Å². The van der Waals surface area contributed by atoms with Crippen LogP contribution in [0, 0.1) is 6.92 Å². The molecule has 2 N–H and O–H groups in total. The van der Waals surface area contributed by atoms with Crippen molar-refractivity contribution in [1.29, 1.82) is 0 Å². The number of amides is 1. The monoisotopic (exact) mass is 393 g/mol. The summed E-state index contributed by atoms with van der Waals surface area (Å²) in [6, 6.07) is 7.92. The highest BCUT2D eigenvalue weighted by Crippen LogP contribution is 2.38. The average molecular weight is 394 g/mol. The number of hydrogen-bond donors (Lipinski definition) is 1. The van der Waals surface area contributed by atoms with Gasteiger partial charge >= 0.3 is 0 Å². The van der Waals surface area contributed by atoms with Gasteiger partial charge in [0.05, 0.1) is 11.0 Å². The third kappa shape index (κ3) is 4.80. The lowest BCUT2D eigenvalue weighted by molar-refractivity contribution is -0.115. The highest BCUT2D eigenvalue weighted by Gasteiger charge is 2.18. The molecular weight excluding hydrogens is 378 g/mol. The minimum Gasteiger partial charge on any atom is -0.419 e.